The normalized spacial score (nSPS) is 10.2. The molecular weight excluding hydrogens is 214 g/mol. The van der Waals surface area contributed by atoms with Crippen molar-refractivity contribution in [2.75, 3.05) is 12.8 Å². The predicted octanol–water partition coefficient (Wildman–Crippen LogP) is 1.51. The molecule has 2 rings (SSSR count). The zero-order valence-electron chi connectivity index (χ0n) is 7.98. The lowest BCUT2D eigenvalue weighted by Gasteiger charge is -1.92. The SMILES string of the molecule is COC(=O)c1cc(-c2csc(N)n2)c[nH]1. The second kappa shape index (κ2) is 3.74. The first-order valence-corrected chi connectivity index (χ1v) is 5.07. The molecule has 0 amide bonds. The van der Waals surface area contributed by atoms with Gasteiger partial charge < -0.3 is 15.5 Å². The van der Waals surface area contributed by atoms with E-state index in [1.807, 2.05) is 5.38 Å². The molecule has 15 heavy (non-hydrogen) atoms. The van der Waals surface area contributed by atoms with Crippen LogP contribution in [0.3, 0.4) is 0 Å². The van der Waals surface area contributed by atoms with Crippen LogP contribution in [0.1, 0.15) is 10.5 Å². The number of aromatic amines is 1. The quantitative estimate of drug-likeness (QED) is 0.756. The van der Waals surface area contributed by atoms with Gasteiger partial charge in [-0.05, 0) is 6.07 Å². The molecule has 0 saturated carbocycles. The largest absolute Gasteiger partial charge is 0.464 e. The fourth-order valence-electron chi connectivity index (χ4n) is 1.19. The van der Waals surface area contributed by atoms with Gasteiger partial charge in [0.15, 0.2) is 5.13 Å². The van der Waals surface area contributed by atoms with Gasteiger partial charge >= 0.3 is 5.97 Å². The van der Waals surface area contributed by atoms with Crippen LogP contribution in [-0.4, -0.2) is 23.0 Å². The van der Waals surface area contributed by atoms with Crippen LogP contribution in [0.2, 0.25) is 0 Å². The number of H-pyrrole nitrogens is 1. The molecule has 2 aromatic rings. The number of nitrogens with one attached hydrogen (secondary N) is 1. The van der Waals surface area contributed by atoms with Crippen LogP contribution in [0.5, 0.6) is 0 Å². The molecule has 0 aromatic carbocycles. The highest BCUT2D eigenvalue weighted by atomic mass is 32.1. The summed E-state index contributed by atoms with van der Waals surface area (Å²) in [6, 6.07) is 1.68. The highest BCUT2D eigenvalue weighted by Crippen LogP contribution is 2.23. The van der Waals surface area contributed by atoms with Gasteiger partial charge in [0.25, 0.3) is 0 Å². The average molecular weight is 223 g/mol. The summed E-state index contributed by atoms with van der Waals surface area (Å²) in [5.74, 6) is -0.399. The smallest absolute Gasteiger partial charge is 0.354 e. The summed E-state index contributed by atoms with van der Waals surface area (Å²) in [5, 5.41) is 2.34. The molecule has 0 fully saturated rings. The number of nitrogen functional groups attached to an aromatic ring is 1. The maximum absolute atomic E-state index is 11.2. The minimum absolute atomic E-state index is 0.399. The Hall–Kier alpha value is -1.82. The molecule has 6 heteroatoms. The van der Waals surface area contributed by atoms with Crippen molar-refractivity contribution in [2.24, 2.45) is 0 Å². The number of thiazole rings is 1. The lowest BCUT2D eigenvalue weighted by Crippen LogP contribution is -2.00. The van der Waals surface area contributed by atoms with Gasteiger partial charge in [-0.15, -0.1) is 11.3 Å². The first kappa shape index (κ1) is 9.72. The Balaban J connectivity index is 2.31. The third kappa shape index (κ3) is 1.84. The van der Waals surface area contributed by atoms with E-state index in [4.69, 9.17) is 5.73 Å². The second-order valence-electron chi connectivity index (χ2n) is 2.86. The molecule has 0 bridgehead atoms. The summed E-state index contributed by atoms with van der Waals surface area (Å²) in [6.07, 6.45) is 1.70. The number of ether oxygens (including phenoxy) is 1. The number of nitrogens with zero attached hydrogens (tertiary/aromatic N) is 1. The maximum atomic E-state index is 11.2. The maximum Gasteiger partial charge on any atom is 0.354 e. The monoisotopic (exact) mass is 223 g/mol. The molecule has 0 aliphatic rings. The number of nitrogens with two attached hydrogens (primary N) is 1. The molecule has 5 nitrogen and oxygen atoms in total. The molecule has 0 unspecified atom stereocenters. The van der Waals surface area contributed by atoms with Crippen molar-refractivity contribution >= 4 is 22.4 Å². The van der Waals surface area contributed by atoms with E-state index in [9.17, 15) is 4.79 Å². The van der Waals surface area contributed by atoms with Crippen LogP contribution in [0.4, 0.5) is 5.13 Å². The number of hydrogen-bond acceptors (Lipinski definition) is 5. The van der Waals surface area contributed by atoms with E-state index < -0.39 is 5.97 Å². The first-order chi connectivity index (χ1) is 7.20. The summed E-state index contributed by atoms with van der Waals surface area (Å²) in [5.41, 5.74) is 7.49. The van der Waals surface area contributed by atoms with Gasteiger partial charge in [0.2, 0.25) is 0 Å². The summed E-state index contributed by atoms with van der Waals surface area (Å²) in [6.45, 7) is 0. The molecule has 0 spiro atoms. The van der Waals surface area contributed by atoms with E-state index in [1.165, 1.54) is 18.4 Å². The molecule has 2 aromatic heterocycles. The molecule has 0 radical (unpaired) electrons. The zero-order chi connectivity index (χ0) is 10.8. The fourth-order valence-corrected chi connectivity index (χ4v) is 1.76. The van der Waals surface area contributed by atoms with Crippen molar-refractivity contribution < 1.29 is 9.53 Å². The molecule has 0 saturated heterocycles. The van der Waals surface area contributed by atoms with Crippen molar-refractivity contribution in [3.8, 4) is 11.3 Å². The van der Waals surface area contributed by atoms with Gasteiger partial charge in [-0.1, -0.05) is 0 Å². The Morgan fingerprint density at radius 1 is 1.67 bits per heavy atom. The number of carbonyl (C=O) groups excluding carboxylic acids is 1. The van der Waals surface area contributed by atoms with E-state index in [1.54, 1.807) is 12.3 Å². The number of carbonyl (C=O) groups is 1. The topological polar surface area (TPSA) is 81.0 Å². The average Bonchev–Trinajstić information content (AvgIpc) is 2.84. The summed E-state index contributed by atoms with van der Waals surface area (Å²) in [4.78, 5) is 18.1. The zero-order valence-corrected chi connectivity index (χ0v) is 8.80. The molecule has 0 aliphatic heterocycles. The van der Waals surface area contributed by atoms with Gasteiger partial charge in [0, 0.05) is 17.1 Å². The lowest BCUT2D eigenvalue weighted by molar-refractivity contribution is 0.0595. The Morgan fingerprint density at radius 3 is 3.07 bits per heavy atom. The van der Waals surface area contributed by atoms with Crippen LogP contribution in [0.15, 0.2) is 17.6 Å². The second-order valence-corrected chi connectivity index (χ2v) is 3.75. The van der Waals surface area contributed by atoms with E-state index in [-0.39, 0.29) is 0 Å². The van der Waals surface area contributed by atoms with Crippen molar-refractivity contribution in [3.63, 3.8) is 0 Å². The Bertz CT molecular complexity index is 489. The lowest BCUT2D eigenvalue weighted by atomic mass is 10.2. The van der Waals surface area contributed by atoms with Crippen LogP contribution in [0, 0.1) is 0 Å². The number of hydrogen-bond donors (Lipinski definition) is 2. The minimum atomic E-state index is -0.399. The summed E-state index contributed by atoms with van der Waals surface area (Å²) < 4.78 is 4.58. The third-order valence-corrected chi connectivity index (χ3v) is 2.58. The summed E-state index contributed by atoms with van der Waals surface area (Å²) >= 11 is 1.36. The minimum Gasteiger partial charge on any atom is -0.464 e. The molecule has 2 heterocycles. The highest BCUT2D eigenvalue weighted by molar-refractivity contribution is 7.13. The number of esters is 1. The van der Waals surface area contributed by atoms with Gasteiger partial charge in [0.05, 0.1) is 12.8 Å². The Labute approximate surface area is 89.9 Å². The molecular formula is C9H9N3O2S. The van der Waals surface area contributed by atoms with Gasteiger partial charge in [-0.25, -0.2) is 9.78 Å². The van der Waals surface area contributed by atoms with E-state index >= 15 is 0 Å². The summed E-state index contributed by atoms with van der Waals surface area (Å²) in [7, 11) is 1.34. The Morgan fingerprint density at radius 2 is 2.47 bits per heavy atom. The van der Waals surface area contributed by atoms with Crippen molar-refractivity contribution in [1.29, 1.82) is 0 Å². The fraction of sp³-hybridized carbons (Fsp3) is 0.111. The molecule has 78 valence electrons. The molecule has 3 N–H and O–H groups in total. The van der Waals surface area contributed by atoms with Gasteiger partial charge in [-0.2, -0.15) is 0 Å². The molecule has 0 aliphatic carbocycles. The van der Waals surface area contributed by atoms with Crippen LogP contribution < -0.4 is 5.73 Å². The van der Waals surface area contributed by atoms with Crippen molar-refractivity contribution in [2.45, 2.75) is 0 Å². The number of aromatic nitrogens is 2. The number of rotatable bonds is 2. The first-order valence-electron chi connectivity index (χ1n) is 4.19. The van der Waals surface area contributed by atoms with E-state index in [2.05, 4.69) is 14.7 Å². The van der Waals surface area contributed by atoms with Crippen LogP contribution in [0.25, 0.3) is 11.3 Å². The van der Waals surface area contributed by atoms with Crippen LogP contribution >= 0.6 is 11.3 Å². The third-order valence-electron chi connectivity index (χ3n) is 1.91. The van der Waals surface area contributed by atoms with Gasteiger partial charge in [-0.3, -0.25) is 0 Å². The Kier molecular flexibility index (Phi) is 2.42. The van der Waals surface area contributed by atoms with E-state index in [0.717, 1.165) is 11.3 Å². The van der Waals surface area contributed by atoms with E-state index in [0.29, 0.717) is 10.8 Å². The van der Waals surface area contributed by atoms with Crippen molar-refractivity contribution in [1.82, 2.24) is 9.97 Å². The number of anilines is 1. The van der Waals surface area contributed by atoms with Crippen molar-refractivity contribution in [3.05, 3.63) is 23.3 Å². The standard InChI is InChI=1S/C9H9N3O2S/c1-14-8(13)6-2-5(3-11-6)7-4-15-9(10)12-7/h2-4,11H,1H3,(H2,10,12). The predicted molar refractivity (Wildman–Crippen MR) is 57.7 cm³/mol. The van der Waals surface area contributed by atoms with Crippen LogP contribution in [-0.2, 0) is 4.74 Å². The number of methoxy groups -OCH3 is 1. The molecule has 0 atom stereocenters. The highest BCUT2D eigenvalue weighted by Gasteiger charge is 2.10. The van der Waals surface area contributed by atoms with Gasteiger partial charge in [0.1, 0.15) is 5.69 Å².